The molecule has 0 unspecified atom stereocenters. The minimum atomic E-state index is -0.279. The van der Waals surface area contributed by atoms with Gasteiger partial charge >= 0.3 is 0 Å². The number of oxime groups is 1. The summed E-state index contributed by atoms with van der Waals surface area (Å²) in [6, 6.07) is 4.22. The summed E-state index contributed by atoms with van der Waals surface area (Å²) in [6.07, 6.45) is 1.87. The number of hydrogen-bond acceptors (Lipinski definition) is 3. The molecule has 22 heavy (non-hydrogen) atoms. The van der Waals surface area contributed by atoms with Gasteiger partial charge in [-0.2, -0.15) is 0 Å². The van der Waals surface area contributed by atoms with Crippen molar-refractivity contribution in [2.24, 2.45) is 10.1 Å². The number of aryl methyl sites for hydroxylation is 2. The van der Waals surface area contributed by atoms with Gasteiger partial charge in [-0.1, -0.05) is 5.16 Å². The Morgan fingerprint density at radius 3 is 2.41 bits per heavy atom. The lowest BCUT2D eigenvalue weighted by atomic mass is 10.0. The van der Waals surface area contributed by atoms with Crippen LogP contribution >= 0.6 is 0 Å². The fourth-order valence-electron chi connectivity index (χ4n) is 1.83. The van der Waals surface area contributed by atoms with Gasteiger partial charge in [-0.25, -0.2) is 4.99 Å². The van der Waals surface area contributed by atoms with E-state index in [1.54, 1.807) is 0 Å². The lowest BCUT2D eigenvalue weighted by Crippen LogP contribution is -2.16. The van der Waals surface area contributed by atoms with Crippen molar-refractivity contribution in [3.63, 3.8) is 0 Å². The monoisotopic (exact) mass is 303 g/mol. The van der Waals surface area contributed by atoms with Crippen LogP contribution in [0.5, 0.6) is 0 Å². The van der Waals surface area contributed by atoms with E-state index in [2.05, 4.69) is 43.1 Å². The molecule has 0 radical (unpaired) electrons. The van der Waals surface area contributed by atoms with Gasteiger partial charge in [0.2, 0.25) is 0 Å². The Hall–Kier alpha value is -1.84. The summed E-state index contributed by atoms with van der Waals surface area (Å²) in [4.78, 5) is 12.1. The third kappa shape index (κ3) is 5.51. The molecule has 0 atom stereocenters. The second-order valence-corrected chi connectivity index (χ2v) is 6.65. The van der Waals surface area contributed by atoms with Crippen LogP contribution in [-0.2, 0) is 4.84 Å². The lowest BCUT2D eigenvalue weighted by Gasteiger charge is -2.17. The first kappa shape index (κ1) is 18.2. The first-order valence-corrected chi connectivity index (χ1v) is 7.73. The molecule has 0 amide bonds. The Kier molecular flexibility index (Phi) is 6.15. The lowest BCUT2D eigenvalue weighted by molar-refractivity contribution is 0.000948. The van der Waals surface area contributed by atoms with Gasteiger partial charge in [0, 0.05) is 19.2 Å². The molecular formula is C18H29N3O. The topological polar surface area (TPSA) is 37.2 Å². The van der Waals surface area contributed by atoms with E-state index in [0.717, 1.165) is 34.6 Å². The quantitative estimate of drug-likeness (QED) is 0.458. The van der Waals surface area contributed by atoms with E-state index in [0.29, 0.717) is 0 Å². The summed E-state index contributed by atoms with van der Waals surface area (Å²) in [5.74, 6) is 0. The van der Waals surface area contributed by atoms with Crippen molar-refractivity contribution in [3.05, 3.63) is 28.8 Å². The van der Waals surface area contributed by atoms with Gasteiger partial charge in [-0.15, -0.1) is 0 Å². The van der Waals surface area contributed by atoms with Crippen LogP contribution < -0.4 is 0 Å². The van der Waals surface area contributed by atoms with Crippen LogP contribution in [-0.4, -0.2) is 36.1 Å². The standard InChI is InChI=1S/C18H29N3O/c1-9-21(8)12-19-17-11-13(2)16(10-14(17)3)15(4)20-22-18(5,6)7/h10-12H,9H2,1-8H3/b19-12+,20-15+. The van der Waals surface area contributed by atoms with Crippen LogP contribution in [0.3, 0.4) is 0 Å². The molecule has 0 saturated carbocycles. The molecule has 0 aliphatic heterocycles. The Balaban J connectivity index is 3.06. The van der Waals surface area contributed by atoms with Crippen molar-refractivity contribution in [1.29, 1.82) is 0 Å². The first-order valence-electron chi connectivity index (χ1n) is 7.73. The van der Waals surface area contributed by atoms with Crippen LogP contribution in [0.1, 0.15) is 51.3 Å². The van der Waals surface area contributed by atoms with Crippen molar-refractivity contribution in [2.45, 2.75) is 54.1 Å². The Labute approximate surface area is 134 Å². The van der Waals surface area contributed by atoms with Crippen LogP contribution in [0.25, 0.3) is 0 Å². The fourth-order valence-corrected chi connectivity index (χ4v) is 1.83. The predicted molar refractivity (Wildman–Crippen MR) is 95.4 cm³/mol. The van der Waals surface area contributed by atoms with Gasteiger partial charge in [0.15, 0.2) is 0 Å². The van der Waals surface area contributed by atoms with E-state index < -0.39 is 0 Å². The molecule has 1 rings (SSSR count). The zero-order chi connectivity index (χ0) is 16.9. The van der Waals surface area contributed by atoms with Gasteiger partial charge in [-0.05, 0) is 71.7 Å². The van der Waals surface area contributed by atoms with Gasteiger partial charge < -0.3 is 9.74 Å². The molecule has 4 nitrogen and oxygen atoms in total. The highest BCUT2D eigenvalue weighted by molar-refractivity contribution is 6.00. The average Bonchev–Trinajstić information content (AvgIpc) is 2.44. The van der Waals surface area contributed by atoms with Crippen LogP contribution in [0.2, 0.25) is 0 Å². The molecule has 0 heterocycles. The molecule has 0 bridgehead atoms. The summed E-state index contributed by atoms with van der Waals surface area (Å²) in [5.41, 5.74) is 4.98. The highest BCUT2D eigenvalue weighted by atomic mass is 16.6. The molecule has 0 N–H and O–H groups in total. The summed E-state index contributed by atoms with van der Waals surface area (Å²) >= 11 is 0. The molecule has 0 aliphatic carbocycles. The minimum Gasteiger partial charge on any atom is -0.390 e. The van der Waals surface area contributed by atoms with Gasteiger partial charge in [0.25, 0.3) is 0 Å². The largest absolute Gasteiger partial charge is 0.390 e. The maximum atomic E-state index is 5.52. The minimum absolute atomic E-state index is 0.279. The van der Waals surface area contributed by atoms with E-state index in [9.17, 15) is 0 Å². The Morgan fingerprint density at radius 1 is 1.23 bits per heavy atom. The van der Waals surface area contributed by atoms with Crippen molar-refractivity contribution in [2.75, 3.05) is 13.6 Å². The summed E-state index contributed by atoms with van der Waals surface area (Å²) in [5, 5.41) is 4.25. The predicted octanol–water partition coefficient (Wildman–Crippen LogP) is 4.45. The van der Waals surface area contributed by atoms with Gasteiger partial charge in [0.1, 0.15) is 5.60 Å². The third-order valence-electron chi connectivity index (χ3n) is 3.28. The zero-order valence-electron chi connectivity index (χ0n) is 15.2. The maximum Gasteiger partial charge on any atom is 0.129 e. The molecule has 122 valence electrons. The van der Waals surface area contributed by atoms with Crippen molar-refractivity contribution in [1.82, 2.24) is 4.90 Å². The average molecular weight is 303 g/mol. The molecule has 4 heteroatoms. The van der Waals surface area contributed by atoms with E-state index in [-0.39, 0.29) is 5.60 Å². The van der Waals surface area contributed by atoms with Crippen molar-refractivity contribution in [3.8, 4) is 0 Å². The smallest absolute Gasteiger partial charge is 0.129 e. The molecule has 0 saturated heterocycles. The van der Waals surface area contributed by atoms with Crippen LogP contribution in [0.4, 0.5) is 5.69 Å². The molecule has 0 fully saturated rings. The van der Waals surface area contributed by atoms with Crippen LogP contribution in [0.15, 0.2) is 22.3 Å². The number of rotatable bonds is 5. The van der Waals surface area contributed by atoms with E-state index >= 15 is 0 Å². The maximum absolute atomic E-state index is 5.52. The zero-order valence-corrected chi connectivity index (χ0v) is 15.2. The normalized spacial score (nSPS) is 12.8. The first-order chi connectivity index (χ1) is 10.1. The molecular weight excluding hydrogens is 274 g/mol. The molecule has 0 spiro atoms. The molecule has 0 aliphatic rings. The van der Waals surface area contributed by atoms with Crippen LogP contribution in [0, 0.1) is 13.8 Å². The van der Waals surface area contributed by atoms with Gasteiger partial charge in [0.05, 0.1) is 17.7 Å². The van der Waals surface area contributed by atoms with Crippen molar-refractivity contribution >= 4 is 17.7 Å². The van der Waals surface area contributed by atoms with E-state index in [4.69, 9.17) is 4.84 Å². The number of hydrogen-bond donors (Lipinski definition) is 0. The molecule has 1 aromatic carbocycles. The number of aliphatic imine (C=N–C) groups is 1. The van der Waals surface area contributed by atoms with E-state index in [1.807, 2.05) is 46.0 Å². The highest BCUT2D eigenvalue weighted by Gasteiger charge is 2.12. The third-order valence-corrected chi connectivity index (χ3v) is 3.28. The second-order valence-electron chi connectivity index (χ2n) is 6.65. The van der Waals surface area contributed by atoms with Gasteiger partial charge in [-0.3, -0.25) is 0 Å². The highest BCUT2D eigenvalue weighted by Crippen LogP contribution is 2.24. The summed E-state index contributed by atoms with van der Waals surface area (Å²) < 4.78 is 0. The number of benzene rings is 1. The summed E-state index contributed by atoms with van der Waals surface area (Å²) in [6.45, 7) is 15.1. The van der Waals surface area contributed by atoms with Crippen molar-refractivity contribution < 1.29 is 4.84 Å². The molecule has 1 aromatic rings. The van der Waals surface area contributed by atoms with E-state index in [1.165, 1.54) is 0 Å². The Bertz CT molecular complexity index is 568. The second kappa shape index (κ2) is 7.43. The number of nitrogens with zero attached hydrogens (tertiary/aromatic N) is 3. The fraction of sp³-hybridized carbons (Fsp3) is 0.556. The molecule has 0 aromatic heterocycles. The SMILES string of the molecule is CCN(C)/C=N/c1cc(C)c(/C(C)=N/OC(C)(C)C)cc1C. The Morgan fingerprint density at radius 2 is 1.86 bits per heavy atom. The summed E-state index contributed by atoms with van der Waals surface area (Å²) in [7, 11) is 2.01.